The molecule has 3 rings (SSSR count). The lowest BCUT2D eigenvalue weighted by Crippen LogP contribution is -2.25. The van der Waals surface area contributed by atoms with Crippen molar-refractivity contribution in [1.82, 2.24) is 14.8 Å². The minimum absolute atomic E-state index is 0.0689. The molecule has 0 unspecified atom stereocenters. The van der Waals surface area contributed by atoms with Crippen LogP contribution in [0.25, 0.3) is 11.4 Å². The number of Topliss-reactive ketones (excluding diaryl/α,β-unsaturated/α-hetero) is 1. The lowest BCUT2D eigenvalue weighted by Gasteiger charge is -2.13. The molecule has 174 valence electrons. The van der Waals surface area contributed by atoms with Crippen molar-refractivity contribution in [2.45, 2.75) is 38.3 Å². The standard InChI is InChI=1S/C22H20ClF2N3O4S/c1-3-28-20(15-4-8-16(23)9-5-15)26-27-22(28)33-12-18(29)31-13(2)19(30)14-6-10-17(11-7-14)32-21(24)25/h4-11,13,21H,3,12H2,1-2H3/t13-/m0/s1. The molecule has 1 heterocycles. The van der Waals surface area contributed by atoms with Crippen molar-refractivity contribution in [1.29, 1.82) is 0 Å². The SMILES string of the molecule is CCn1c(SCC(=O)O[C@@H](C)C(=O)c2ccc(OC(F)F)cc2)nnc1-c1ccc(Cl)cc1. The summed E-state index contributed by atoms with van der Waals surface area (Å²) >= 11 is 7.08. The van der Waals surface area contributed by atoms with E-state index in [-0.39, 0.29) is 17.1 Å². The summed E-state index contributed by atoms with van der Waals surface area (Å²) in [6, 6.07) is 12.4. The smallest absolute Gasteiger partial charge is 0.387 e. The van der Waals surface area contributed by atoms with Gasteiger partial charge in [-0.15, -0.1) is 10.2 Å². The lowest BCUT2D eigenvalue weighted by atomic mass is 10.1. The number of ether oxygens (including phenoxy) is 2. The van der Waals surface area contributed by atoms with Crippen molar-refractivity contribution >= 4 is 35.1 Å². The monoisotopic (exact) mass is 495 g/mol. The molecule has 0 aliphatic carbocycles. The molecule has 0 bridgehead atoms. The summed E-state index contributed by atoms with van der Waals surface area (Å²) in [4.78, 5) is 24.7. The first-order valence-electron chi connectivity index (χ1n) is 9.89. The second kappa shape index (κ2) is 11.2. The van der Waals surface area contributed by atoms with Gasteiger partial charge in [0.05, 0.1) is 5.75 Å². The van der Waals surface area contributed by atoms with E-state index in [9.17, 15) is 18.4 Å². The normalized spacial score (nSPS) is 11.9. The summed E-state index contributed by atoms with van der Waals surface area (Å²) < 4.78 is 35.8. The van der Waals surface area contributed by atoms with Gasteiger partial charge in [0.2, 0.25) is 5.78 Å². The minimum atomic E-state index is -2.95. The highest BCUT2D eigenvalue weighted by atomic mass is 35.5. The van der Waals surface area contributed by atoms with E-state index < -0.39 is 24.5 Å². The molecule has 1 atom stereocenters. The Balaban J connectivity index is 1.57. The summed E-state index contributed by atoms with van der Waals surface area (Å²) in [7, 11) is 0. The summed E-state index contributed by atoms with van der Waals surface area (Å²) in [6.07, 6.45) is -1.05. The number of rotatable bonds is 10. The minimum Gasteiger partial charge on any atom is -0.454 e. The van der Waals surface area contributed by atoms with Crippen LogP contribution in [0.15, 0.2) is 53.7 Å². The molecule has 0 aliphatic rings. The number of carbonyl (C=O) groups excluding carboxylic acids is 2. The Morgan fingerprint density at radius 2 is 1.76 bits per heavy atom. The Kier molecular flexibility index (Phi) is 8.40. The van der Waals surface area contributed by atoms with Gasteiger partial charge in [0.15, 0.2) is 17.1 Å². The first-order chi connectivity index (χ1) is 15.8. The van der Waals surface area contributed by atoms with Crippen LogP contribution in [0.4, 0.5) is 8.78 Å². The Morgan fingerprint density at radius 1 is 1.09 bits per heavy atom. The topological polar surface area (TPSA) is 83.3 Å². The second-order valence-electron chi connectivity index (χ2n) is 6.75. The van der Waals surface area contributed by atoms with Crippen molar-refractivity contribution in [2.24, 2.45) is 0 Å². The van der Waals surface area contributed by atoms with Gasteiger partial charge in [0, 0.05) is 22.7 Å². The maximum atomic E-state index is 12.5. The highest BCUT2D eigenvalue weighted by Crippen LogP contribution is 2.25. The van der Waals surface area contributed by atoms with Crippen LogP contribution in [-0.4, -0.2) is 45.0 Å². The average molecular weight is 496 g/mol. The number of hydrogen-bond acceptors (Lipinski definition) is 7. The molecule has 7 nitrogen and oxygen atoms in total. The molecule has 0 fully saturated rings. The summed E-state index contributed by atoms with van der Waals surface area (Å²) in [6.45, 7) is 1.01. The summed E-state index contributed by atoms with van der Waals surface area (Å²) in [5.41, 5.74) is 1.05. The molecule has 0 amide bonds. The molecule has 0 saturated carbocycles. The van der Waals surface area contributed by atoms with Crippen LogP contribution in [0.3, 0.4) is 0 Å². The summed E-state index contributed by atoms with van der Waals surface area (Å²) in [5.74, 6) is -0.554. The van der Waals surface area contributed by atoms with Crippen LogP contribution in [0.2, 0.25) is 5.02 Å². The third-order valence-electron chi connectivity index (χ3n) is 4.50. The number of carbonyl (C=O) groups is 2. The van der Waals surface area contributed by atoms with Crippen LogP contribution < -0.4 is 4.74 Å². The fourth-order valence-electron chi connectivity index (χ4n) is 2.94. The molecule has 2 aromatic carbocycles. The van der Waals surface area contributed by atoms with Gasteiger partial charge in [-0.05, 0) is 62.4 Å². The molecule has 1 aromatic heterocycles. The van der Waals surface area contributed by atoms with Crippen molar-refractivity contribution in [2.75, 3.05) is 5.75 Å². The molecule has 0 N–H and O–H groups in total. The van der Waals surface area contributed by atoms with Crippen LogP contribution in [0.5, 0.6) is 5.75 Å². The van der Waals surface area contributed by atoms with E-state index in [1.807, 2.05) is 23.6 Å². The molecule has 0 saturated heterocycles. The highest BCUT2D eigenvalue weighted by molar-refractivity contribution is 7.99. The molecule has 0 radical (unpaired) electrons. The number of esters is 1. The van der Waals surface area contributed by atoms with E-state index in [1.165, 1.54) is 31.2 Å². The Bertz CT molecular complexity index is 1110. The number of ketones is 1. The maximum absolute atomic E-state index is 12.5. The molecular weight excluding hydrogens is 476 g/mol. The van der Waals surface area contributed by atoms with Crippen molar-refractivity contribution < 1.29 is 27.8 Å². The summed E-state index contributed by atoms with van der Waals surface area (Å²) in [5, 5.41) is 9.50. The third kappa shape index (κ3) is 6.52. The number of alkyl halides is 2. The van der Waals surface area contributed by atoms with E-state index in [4.69, 9.17) is 16.3 Å². The van der Waals surface area contributed by atoms with Gasteiger partial charge < -0.3 is 14.0 Å². The van der Waals surface area contributed by atoms with Crippen molar-refractivity contribution in [3.8, 4) is 17.1 Å². The number of thioether (sulfide) groups is 1. The molecular formula is C22H20ClF2N3O4S. The first-order valence-corrected chi connectivity index (χ1v) is 11.2. The first kappa shape index (κ1) is 24.7. The van der Waals surface area contributed by atoms with Gasteiger partial charge in [-0.1, -0.05) is 23.4 Å². The zero-order valence-electron chi connectivity index (χ0n) is 17.7. The van der Waals surface area contributed by atoms with Crippen LogP contribution >= 0.6 is 23.4 Å². The van der Waals surface area contributed by atoms with Gasteiger partial charge in [-0.3, -0.25) is 9.59 Å². The van der Waals surface area contributed by atoms with E-state index >= 15 is 0 Å². The fourth-order valence-corrected chi connectivity index (χ4v) is 3.85. The predicted octanol–water partition coefficient (Wildman–Crippen LogP) is 5.13. The van der Waals surface area contributed by atoms with Gasteiger partial charge in [-0.25, -0.2) is 0 Å². The number of halogens is 3. The lowest BCUT2D eigenvalue weighted by molar-refractivity contribution is -0.143. The largest absolute Gasteiger partial charge is 0.454 e. The van der Waals surface area contributed by atoms with Crippen LogP contribution in [0, 0.1) is 0 Å². The van der Waals surface area contributed by atoms with E-state index in [2.05, 4.69) is 14.9 Å². The van der Waals surface area contributed by atoms with Crippen molar-refractivity contribution in [3.05, 3.63) is 59.1 Å². The number of aromatic nitrogens is 3. The number of benzene rings is 2. The zero-order valence-corrected chi connectivity index (χ0v) is 19.3. The molecule has 0 spiro atoms. The zero-order chi connectivity index (χ0) is 24.0. The van der Waals surface area contributed by atoms with Crippen LogP contribution in [-0.2, 0) is 16.1 Å². The van der Waals surface area contributed by atoms with Gasteiger partial charge in [0.1, 0.15) is 5.75 Å². The average Bonchev–Trinajstić information content (AvgIpc) is 3.20. The van der Waals surface area contributed by atoms with Gasteiger partial charge in [-0.2, -0.15) is 8.78 Å². The fraction of sp³-hybridized carbons (Fsp3) is 0.273. The third-order valence-corrected chi connectivity index (χ3v) is 5.69. The number of nitrogens with zero attached hydrogens (tertiary/aromatic N) is 3. The van der Waals surface area contributed by atoms with E-state index in [0.717, 1.165) is 17.3 Å². The Morgan fingerprint density at radius 3 is 2.36 bits per heavy atom. The molecule has 33 heavy (non-hydrogen) atoms. The Labute approximate surface area is 198 Å². The molecule has 0 aliphatic heterocycles. The molecule has 11 heteroatoms. The van der Waals surface area contributed by atoms with Crippen LogP contribution in [0.1, 0.15) is 24.2 Å². The van der Waals surface area contributed by atoms with E-state index in [0.29, 0.717) is 22.5 Å². The van der Waals surface area contributed by atoms with E-state index in [1.54, 1.807) is 12.1 Å². The van der Waals surface area contributed by atoms with Crippen molar-refractivity contribution in [3.63, 3.8) is 0 Å². The Hall–Kier alpha value is -2.98. The molecule has 3 aromatic rings. The predicted molar refractivity (Wildman–Crippen MR) is 120 cm³/mol. The quantitative estimate of drug-likeness (QED) is 0.219. The van der Waals surface area contributed by atoms with Gasteiger partial charge in [0.25, 0.3) is 0 Å². The number of hydrogen-bond donors (Lipinski definition) is 0. The van der Waals surface area contributed by atoms with Gasteiger partial charge >= 0.3 is 12.6 Å². The maximum Gasteiger partial charge on any atom is 0.387 e. The second-order valence-corrected chi connectivity index (χ2v) is 8.12. The highest BCUT2D eigenvalue weighted by Gasteiger charge is 2.21.